The van der Waals surface area contributed by atoms with Crippen LogP contribution in [0, 0.1) is 0 Å². The highest BCUT2D eigenvalue weighted by molar-refractivity contribution is 7.99. The summed E-state index contributed by atoms with van der Waals surface area (Å²) in [6, 6.07) is 24.2. The Morgan fingerprint density at radius 1 is 0.947 bits per heavy atom. The molecule has 0 bridgehead atoms. The molecule has 5 rings (SSSR count). The zero-order valence-electron chi connectivity index (χ0n) is 20.0. The van der Waals surface area contributed by atoms with Crippen molar-refractivity contribution in [1.82, 2.24) is 15.3 Å². The highest BCUT2D eigenvalue weighted by Gasteiger charge is 2.18. The first-order valence-electron chi connectivity index (χ1n) is 11.4. The standard InChI is InChI=1S/C28H20N4O3S3/c1-17(33)35-22-13-7-5-11-19(22)25(34)32-28(36)31-21-12-6-8-14-23(21)38-27-24-20(18-9-3-2-4-10-18)15-37-26(24)29-16-30-27/h2-16H,1H3,(H2,31,32,34,36). The number of rotatable bonds is 6. The van der Waals surface area contributed by atoms with Crippen LogP contribution in [0.4, 0.5) is 5.69 Å². The number of benzene rings is 3. The number of hydrogen-bond acceptors (Lipinski definition) is 8. The second-order valence-corrected chi connectivity index (χ2v) is 10.3. The van der Waals surface area contributed by atoms with Gasteiger partial charge in [0.1, 0.15) is 21.9 Å². The summed E-state index contributed by atoms with van der Waals surface area (Å²) in [5, 5.41) is 9.78. The van der Waals surface area contributed by atoms with Crippen LogP contribution in [0.25, 0.3) is 21.3 Å². The number of anilines is 1. The molecule has 38 heavy (non-hydrogen) atoms. The van der Waals surface area contributed by atoms with E-state index in [0.29, 0.717) is 5.69 Å². The summed E-state index contributed by atoms with van der Waals surface area (Å²) in [6.45, 7) is 1.28. The van der Waals surface area contributed by atoms with Crippen molar-refractivity contribution in [3.63, 3.8) is 0 Å². The van der Waals surface area contributed by atoms with Gasteiger partial charge in [-0.2, -0.15) is 0 Å². The molecular formula is C28H20N4O3S3. The minimum Gasteiger partial charge on any atom is -0.426 e. The summed E-state index contributed by atoms with van der Waals surface area (Å²) in [5.41, 5.74) is 3.08. The van der Waals surface area contributed by atoms with Gasteiger partial charge < -0.3 is 10.1 Å². The number of fused-ring (bicyclic) bond motifs is 1. The van der Waals surface area contributed by atoms with E-state index in [1.165, 1.54) is 18.7 Å². The quantitative estimate of drug-likeness (QED) is 0.105. The van der Waals surface area contributed by atoms with Crippen LogP contribution < -0.4 is 15.4 Å². The third-order valence-corrected chi connectivity index (χ3v) is 7.54. The lowest BCUT2D eigenvalue weighted by atomic mass is 10.1. The molecule has 5 aromatic rings. The first kappa shape index (κ1) is 25.5. The molecule has 0 aliphatic heterocycles. The van der Waals surface area contributed by atoms with Crippen molar-refractivity contribution in [3.8, 4) is 16.9 Å². The van der Waals surface area contributed by atoms with Gasteiger partial charge in [0.05, 0.1) is 16.6 Å². The van der Waals surface area contributed by atoms with E-state index in [-0.39, 0.29) is 16.4 Å². The summed E-state index contributed by atoms with van der Waals surface area (Å²) in [6.07, 6.45) is 1.57. The van der Waals surface area contributed by atoms with Crippen molar-refractivity contribution in [2.45, 2.75) is 16.8 Å². The normalized spacial score (nSPS) is 10.7. The Bertz CT molecular complexity index is 1650. The van der Waals surface area contributed by atoms with Crippen LogP contribution in [0.1, 0.15) is 17.3 Å². The number of carbonyl (C=O) groups excluding carboxylic acids is 2. The molecule has 0 aliphatic rings. The van der Waals surface area contributed by atoms with E-state index in [2.05, 4.69) is 38.1 Å². The molecule has 0 atom stereocenters. The third kappa shape index (κ3) is 5.72. The van der Waals surface area contributed by atoms with Crippen molar-refractivity contribution in [2.24, 2.45) is 0 Å². The third-order valence-electron chi connectivity index (χ3n) is 5.37. The molecule has 2 N–H and O–H groups in total. The molecule has 1 amide bonds. The number of thiocarbonyl (C=S) groups is 1. The van der Waals surface area contributed by atoms with Crippen molar-refractivity contribution in [2.75, 3.05) is 5.32 Å². The van der Waals surface area contributed by atoms with Gasteiger partial charge in [-0.1, -0.05) is 66.4 Å². The van der Waals surface area contributed by atoms with Gasteiger partial charge in [0.25, 0.3) is 5.91 Å². The molecule has 0 aliphatic carbocycles. The van der Waals surface area contributed by atoms with Gasteiger partial charge >= 0.3 is 5.97 Å². The molecule has 10 heteroatoms. The van der Waals surface area contributed by atoms with Gasteiger partial charge in [-0.05, 0) is 42.0 Å². The zero-order chi connectivity index (χ0) is 26.5. The largest absolute Gasteiger partial charge is 0.426 e. The Labute approximate surface area is 232 Å². The highest BCUT2D eigenvalue weighted by atomic mass is 32.2. The Balaban J connectivity index is 1.38. The lowest BCUT2D eigenvalue weighted by Crippen LogP contribution is -2.34. The molecule has 2 aromatic heterocycles. The van der Waals surface area contributed by atoms with Crippen molar-refractivity contribution >= 4 is 68.2 Å². The second kappa shape index (κ2) is 11.5. The Morgan fingerprint density at radius 2 is 1.68 bits per heavy atom. The predicted molar refractivity (Wildman–Crippen MR) is 155 cm³/mol. The van der Waals surface area contributed by atoms with E-state index in [9.17, 15) is 9.59 Å². The summed E-state index contributed by atoms with van der Waals surface area (Å²) in [5.74, 6) is -0.849. The molecule has 0 unspecified atom stereocenters. The summed E-state index contributed by atoms with van der Waals surface area (Å²) in [7, 11) is 0. The smallest absolute Gasteiger partial charge is 0.308 e. The van der Waals surface area contributed by atoms with Gasteiger partial charge in [0.15, 0.2) is 5.11 Å². The first-order chi connectivity index (χ1) is 18.5. The van der Waals surface area contributed by atoms with Gasteiger partial charge in [-0.3, -0.25) is 14.9 Å². The molecule has 7 nitrogen and oxygen atoms in total. The van der Waals surface area contributed by atoms with Crippen molar-refractivity contribution < 1.29 is 14.3 Å². The maximum absolute atomic E-state index is 12.9. The van der Waals surface area contributed by atoms with E-state index >= 15 is 0 Å². The summed E-state index contributed by atoms with van der Waals surface area (Å²) >= 11 is 8.50. The lowest BCUT2D eigenvalue weighted by Gasteiger charge is -2.14. The van der Waals surface area contributed by atoms with Crippen LogP contribution in [0.5, 0.6) is 5.75 Å². The topological polar surface area (TPSA) is 93.2 Å². The summed E-state index contributed by atoms with van der Waals surface area (Å²) < 4.78 is 5.14. The fourth-order valence-electron chi connectivity index (χ4n) is 3.74. The number of thiophene rings is 1. The first-order valence-corrected chi connectivity index (χ1v) is 13.5. The average molecular weight is 557 g/mol. The molecule has 0 fully saturated rings. The monoisotopic (exact) mass is 556 g/mol. The number of nitrogens with zero attached hydrogens (tertiary/aromatic N) is 2. The number of hydrogen-bond donors (Lipinski definition) is 2. The summed E-state index contributed by atoms with van der Waals surface area (Å²) in [4.78, 5) is 35.1. The van der Waals surface area contributed by atoms with Gasteiger partial charge in [0, 0.05) is 22.8 Å². The molecule has 188 valence electrons. The van der Waals surface area contributed by atoms with Crippen molar-refractivity contribution in [1.29, 1.82) is 0 Å². The van der Waals surface area contributed by atoms with E-state index in [1.54, 1.807) is 41.9 Å². The van der Waals surface area contributed by atoms with Crippen LogP contribution in [0.15, 0.2) is 100 Å². The van der Waals surface area contributed by atoms with Crippen LogP contribution in [0.2, 0.25) is 0 Å². The van der Waals surface area contributed by atoms with Gasteiger partial charge in [-0.15, -0.1) is 11.3 Å². The SMILES string of the molecule is CC(=O)Oc1ccccc1C(=O)NC(=S)Nc1ccccc1Sc1ncnc2scc(-c3ccccc3)c12. The minimum atomic E-state index is -0.517. The molecule has 0 spiro atoms. The lowest BCUT2D eigenvalue weighted by molar-refractivity contribution is -0.131. The van der Waals surface area contributed by atoms with E-state index in [4.69, 9.17) is 17.0 Å². The van der Waals surface area contributed by atoms with Crippen LogP contribution in [-0.2, 0) is 4.79 Å². The molecule has 0 radical (unpaired) electrons. The number of amides is 1. The molecule has 0 saturated heterocycles. The number of ether oxygens (including phenoxy) is 1. The second-order valence-electron chi connectivity index (χ2n) is 7.97. The van der Waals surface area contributed by atoms with Crippen LogP contribution in [-0.4, -0.2) is 27.0 Å². The van der Waals surface area contributed by atoms with Gasteiger partial charge in [0.2, 0.25) is 0 Å². The molecular weight excluding hydrogens is 537 g/mol. The van der Waals surface area contributed by atoms with E-state index in [1.807, 2.05) is 42.5 Å². The van der Waals surface area contributed by atoms with Crippen molar-refractivity contribution in [3.05, 3.63) is 96.1 Å². The van der Waals surface area contributed by atoms with E-state index < -0.39 is 11.9 Å². The molecule has 2 heterocycles. The number of nitrogens with one attached hydrogen (secondary N) is 2. The fourth-order valence-corrected chi connectivity index (χ4v) is 5.92. The zero-order valence-corrected chi connectivity index (χ0v) is 22.5. The predicted octanol–water partition coefficient (Wildman–Crippen LogP) is 6.56. The number of carbonyl (C=O) groups is 2. The highest BCUT2D eigenvalue weighted by Crippen LogP contribution is 2.41. The maximum atomic E-state index is 12.9. The number of esters is 1. The number of aromatic nitrogens is 2. The fraction of sp³-hybridized carbons (Fsp3) is 0.0357. The average Bonchev–Trinajstić information content (AvgIpc) is 3.35. The van der Waals surface area contributed by atoms with E-state index in [0.717, 1.165) is 31.3 Å². The van der Waals surface area contributed by atoms with Gasteiger partial charge in [-0.25, -0.2) is 9.97 Å². The maximum Gasteiger partial charge on any atom is 0.308 e. The minimum absolute atomic E-state index is 0.106. The Kier molecular flexibility index (Phi) is 7.73. The molecule has 3 aromatic carbocycles. The molecule has 0 saturated carbocycles. The van der Waals surface area contributed by atoms with Crippen LogP contribution in [0.3, 0.4) is 0 Å². The Hall–Kier alpha value is -4.12. The Morgan fingerprint density at radius 3 is 2.50 bits per heavy atom. The van der Waals surface area contributed by atoms with Crippen LogP contribution >= 0.6 is 35.3 Å². The number of para-hydroxylation sites is 2.